The standard InChI is InChI=1S/C19H24ClN3O2/c1-23(2)12-17-15-11-14(8-9-18(15)25-22-17)21-19(24)10-7-13-5-3-4-6-16(13)20/h3-6,14H,7-12H2,1-2H3,(H,21,24). The minimum atomic E-state index is 0.0685. The molecule has 5 nitrogen and oxygen atoms in total. The van der Waals surface area contributed by atoms with Crippen LogP contribution in [0.3, 0.4) is 0 Å². The molecule has 1 atom stereocenters. The summed E-state index contributed by atoms with van der Waals surface area (Å²) < 4.78 is 5.46. The number of carbonyl (C=O) groups is 1. The molecular formula is C19H24ClN3O2. The summed E-state index contributed by atoms with van der Waals surface area (Å²) in [7, 11) is 4.02. The first-order valence-electron chi connectivity index (χ1n) is 8.66. The summed E-state index contributed by atoms with van der Waals surface area (Å²) in [6.45, 7) is 0.756. The van der Waals surface area contributed by atoms with Gasteiger partial charge in [-0.05, 0) is 45.0 Å². The Bertz CT molecular complexity index is 742. The monoisotopic (exact) mass is 361 g/mol. The van der Waals surface area contributed by atoms with Crippen LogP contribution in [0, 0.1) is 0 Å². The molecule has 1 aromatic carbocycles. The summed E-state index contributed by atoms with van der Waals surface area (Å²) >= 11 is 6.15. The average molecular weight is 362 g/mol. The number of hydrogen-bond donors (Lipinski definition) is 1. The van der Waals surface area contributed by atoms with Crippen molar-refractivity contribution in [3.63, 3.8) is 0 Å². The van der Waals surface area contributed by atoms with E-state index in [-0.39, 0.29) is 11.9 Å². The predicted molar refractivity (Wildman–Crippen MR) is 97.6 cm³/mol. The van der Waals surface area contributed by atoms with Crippen molar-refractivity contribution in [3.05, 3.63) is 51.9 Å². The predicted octanol–water partition coefficient (Wildman–Crippen LogP) is 3.00. The van der Waals surface area contributed by atoms with Crippen molar-refractivity contribution in [2.75, 3.05) is 14.1 Å². The first kappa shape index (κ1) is 18.0. The van der Waals surface area contributed by atoms with E-state index in [1.54, 1.807) is 0 Å². The molecule has 25 heavy (non-hydrogen) atoms. The number of carbonyl (C=O) groups excluding carboxylic acids is 1. The van der Waals surface area contributed by atoms with Gasteiger partial charge in [-0.25, -0.2) is 0 Å². The fraction of sp³-hybridized carbons (Fsp3) is 0.474. The lowest BCUT2D eigenvalue weighted by Gasteiger charge is -2.23. The second kappa shape index (κ2) is 8.02. The Hall–Kier alpha value is -1.85. The number of hydrogen-bond acceptors (Lipinski definition) is 4. The normalized spacial score (nSPS) is 16.7. The van der Waals surface area contributed by atoms with Gasteiger partial charge in [0, 0.05) is 36.0 Å². The summed E-state index contributed by atoms with van der Waals surface area (Å²) in [5, 5.41) is 8.07. The van der Waals surface area contributed by atoms with Gasteiger partial charge in [-0.3, -0.25) is 4.79 Å². The van der Waals surface area contributed by atoms with E-state index in [0.717, 1.165) is 53.4 Å². The van der Waals surface area contributed by atoms with Gasteiger partial charge in [0.15, 0.2) is 0 Å². The topological polar surface area (TPSA) is 58.4 Å². The molecule has 1 heterocycles. The molecule has 6 heteroatoms. The highest BCUT2D eigenvalue weighted by molar-refractivity contribution is 6.31. The highest BCUT2D eigenvalue weighted by Crippen LogP contribution is 2.25. The first-order chi connectivity index (χ1) is 12.0. The van der Waals surface area contributed by atoms with Crippen molar-refractivity contribution in [3.8, 4) is 0 Å². The lowest BCUT2D eigenvalue weighted by atomic mass is 9.91. The maximum Gasteiger partial charge on any atom is 0.220 e. The lowest BCUT2D eigenvalue weighted by molar-refractivity contribution is -0.121. The molecule has 1 aliphatic carbocycles. The van der Waals surface area contributed by atoms with E-state index >= 15 is 0 Å². The Balaban J connectivity index is 1.55. The molecule has 1 N–H and O–H groups in total. The Labute approximate surface area is 153 Å². The summed E-state index contributed by atoms with van der Waals surface area (Å²) in [5.74, 6) is 1.04. The van der Waals surface area contributed by atoms with Crippen molar-refractivity contribution in [1.82, 2.24) is 15.4 Å². The molecule has 0 fully saturated rings. The van der Waals surface area contributed by atoms with Gasteiger partial charge in [-0.2, -0.15) is 0 Å². The molecule has 1 amide bonds. The van der Waals surface area contributed by atoms with Crippen molar-refractivity contribution < 1.29 is 9.32 Å². The van der Waals surface area contributed by atoms with E-state index in [1.165, 1.54) is 0 Å². The maximum absolute atomic E-state index is 12.3. The number of benzene rings is 1. The summed E-state index contributed by atoms with van der Waals surface area (Å²) in [6.07, 6.45) is 3.61. The van der Waals surface area contributed by atoms with Crippen LogP contribution in [0.25, 0.3) is 0 Å². The van der Waals surface area contributed by atoms with Crippen LogP contribution < -0.4 is 5.32 Å². The SMILES string of the molecule is CN(C)Cc1noc2c1CC(NC(=O)CCc1ccccc1Cl)CC2. The summed E-state index contributed by atoms with van der Waals surface area (Å²) in [4.78, 5) is 14.4. The van der Waals surface area contributed by atoms with Gasteiger partial charge in [-0.1, -0.05) is 35.0 Å². The maximum atomic E-state index is 12.3. The Morgan fingerprint density at radius 1 is 1.40 bits per heavy atom. The fourth-order valence-corrected chi connectivity index (χ4v) is 3.49. The molecule has 1 unspecified atom stereocenters. The quantitative estimate of drug-likeness (QED) is 0.859. The van der Waals surface area contributed by atoms with Crippen LogP contribution in [0.4, 0.5) is 0 Å². The van der Waals surface area contributed by atoms with Crippen LogP contribution in [-0.4, -0.2) is 36.1 Å². The molecule has 0 saturated carbocycles. The number of aromatic nitrogens is 1. The van der Waals surface area contributed by atoms with Gasteiger partial charge in [0.25, 0.3) is 0 Å². The van der Waals surface area contributed by atoms with E-state index in [4.69, 9.17) is 16.1 Å². The third-order valence-electron chi connectivity index (χ3n) is 4.53. The minimum Gasteiger partial charge on any atom is -0.361 e. The second-order valence-corrected chi connectivity index (χ2v) is 7.27. The second-order valence-electron chi connectivity index (χ2n) is 6.87. The molecule has 0 aliphatic heterocycles. The third kappa shape index (κ3) is 4.61. The van der Waals surface area contributed by atoms with Gasteiger partial charge >= 0.3 is 0 Å². The zero-order valence-corrected chi connectivity index (χ0v) is 15.5. The van der Waals surface area contributed by atoms with E-state index in [1.807, 2.05) is 38.4 Å². The molecule has 2 aromatic rings. The average Bonchev–Trinajstić information content (AvgIpc) is 2.96. The van der Waals surface area contributed by atoms with Crippen molar-refractivity contribution >= 4 is 17.5 Å². The van der Waals surface area contributed by atoms with E-state index in [2.05, 4.69) is 15.4 Å². The van der Waals surface area contributed by atoms with Gasteiger partial charge < -0.3 is 14.7 Å². The third-order valence-corrected chi connectivity index (χ3v) is 4.90. The van der Waals surface area contributed by atoms with Crippen LogP contribution >= 0.6 is 11.6 Å². The van der Waals surface area contributed by atoms with Crippen LogP contribution in [0.1, 0.15) is 35.4 Å². The number of halogens is 1. The summed E-state index contributed by atoms with van der Waals surface area (Å²) in [6, 6.07) is 7.81. The Morgan fingerprint density at radius 2 is 2.20 bits per heavy atom. The van der Waals surface area contributed by atoms with Crippen LogP contribution in [-0.2, 0) is 30.6 Å². The van der Waals surface area contributed by atoms with Gasteiger partial charge in [-0.15, -0.1) is 0 Å². The fourth-order valence-electron chi connectivity index (χ4n) is 3.26. The number of fused-ring (bicyclic) bond motifs is 1. The molecule has 0 saturated heterocycles. The number of aryl methyl sites for hydroxylation is 2. The number of amides is 1. The van der Waals surface area contributed by atoms with Gasteiger partial charge in [0.05, 0.1) is 0 Å². The summed E-state index contributed by atoms with van der Waals surface area (Å²) in [5.41, 5.74) is 3.16. The first-order valence-corrected chi connectivity index (χ1v) is 9.04. The Kier molecular flexibility index (Phi) is 5.76. The zero-order valence-electron chi connectivity index (χ0n) is 14.7. The highest BCUT2D eigenvalue weighted by Gasteiger charge is 2.26. The molecule has 1 aliphatic rings. The van der Waals surface area contributed by atoms with Crippen LogP contribution in [0.2, 0.25) is 5.02 Å². The zero-order chi connectivity index (χ0) is 17.8. The smallest absolute Gasteiger partial charge is 0.220 e. The van der Waals surface area contributed by atoms with Crippen molar-refractivity contribution in [2.24, 2.45) is 0 Å². The van der Waals surface area contributed by atoms with E-state index < -0.39 is 0 Å². The molecule has 0 radical (unpaired) electrons. The molecule has 134 valence electrons. The Morgan fingerprint density at radius 3 is 2.96 bits per heavy atom. The van der Waals surface area contributed by atoms with Crippen molar-refractivity contribution in [1.29, 1.82) is 0 Å². The van der Waals surface area contributed by atoms with Crippen LogP contribution in [0.15, 0.2) is 28.8 Å². The van der Waals surface area contributed by atoms with Gasteiger partial charge in [0.1, 0.15) is 11.5 Å². The highest BCUT2D eigenvalue weighted by atomic mass is 35.5. The lowest BCUT2D eigenvalue weighted by Crippen LogP contribution is -2.39. The van der Waals surface area contributed by atoms with E-state index in [0.29, 0.717) is 12.8 Å². The number of nitrogens with zero attached hydrogens (tertiary/aromatic N) is 2. The van der Waals surface area contributed by atoms with Crippen molar-refractivity contribution in [2.45, 2.75) is 44.7 Å². The molecule has 3 rings (SSSR count). The number of nitrogens with one attached hydrogen (secondary N) is 1. The largest absolute Gasteiger partial charge is 0.361 e. The van der Waals surface area contributed by atoms with Gasteiger partial charge in [0.2, 0.25) is 5.91 Å². The van der Waals surface area contributed by atoms with Crippen LogP contribution in [0.5, 0.6) is 0 Å². The molecule has 1 aromatic heterocycles. The van der Waals surface area contributed by atoms with E-state index in [9.17, 15) is 4.79 Å². The molecule has 0 spiro atoms. The number of rotatable bonds is 6. The minimum absolute atomic E-state index is 0.0685. The molecular weight excluding hydrogens is 338 g/mol. The molecule has 0 bridgehead atoms.